The van der Waals surface area contributed by atoms with Crippen LogP contribution in [0.5, 0.6) is 11.5 Å². The van der Waals surface area contributed by atoms with E-state index in [-0.39, 0.29) is 18.1 Å². The first-order chi connectivity index (χ1) is 15.7. The van der Waals surface area contributed by atoms with Gasteiger partial charge in [-0.3, -0.25) is 0 Å². The highest BCUT2D eigenvalue weighted by Gasteiger charge is 2.00. The van der Waals surface area contributed by atoms with E-state index in [1.807, 2.05) is 13.0 Å². The van der Waals surface area contributed by atoms with Crippen LogP contribution in [0.4, 0.5) is 0 Å². The van der Waals surface area contributed by atoms with E-state index in [0.717, 1.165) is 38.5 Å². The number of phenols is 2. The maximum atomic E-state index is 11.8. The van der Waals surface area contributed by atoms with Crippen molar-refractivity contribution in [2.24, 2.45) is 0 Å². The van der Waals surface area contributed by atoms with E-state index in [1.165, 1.54) is 46.6 Å². The van der Waals surface area contributed by atoms with Crippen molar-refractivity contribution in [2.45, 2.75) is 73.1 Å². The Kier molecular flexibility index (Phi) is 13.4. The third-order valence-corrected chi connectivity index (χ3v) is 5.22. The zero-order valence-electron chi connectivity index (χ0n) is 20.9. The van der Waals surface area contributed by atoms with Crippen molar-refractivity contribution in [1.82, 2.24) is 0 Å². The highest BCUT2D eigenvalue weighted by atomic mass is 16.5. The van der Waals surface area contributed by atoms with Crippen molar-refractivity contribution in [3.05, 3.63) is 76.4 Å². The van der Waals surface area contributed by atoms with Crippen molar-refractivity contribution in [2.75, 3.05) is 6.61 Å². The maximum Gasteiger partial charge on any atom is 0.331 e. The average Bonchev–Trinajstić information content (AvgIpc) is 2.74. The van der Waals surface area contributed by atoms with E-state index in [4.69, 9.17) is 4.74 Å². The molecule has 0 spiro atoms. The minimum atomic E-state index is -0.452. The summed E-state index contributed by atoms with van der Waals surface area (Å²) in [4.78, 5) is 11.8. The fraction of sp³-hybridized carbons (Fsp3) is 0.414. The Balaban J connectivity index is 2.29. The molecule has 0 fully saturated rings. The summed E-state index contributed by atoms with van der Waals surface area (Å²) in [5, 5.41) is 18.8. The Labute approximate surface area is 199 Å². The van der Waals surface area contributed by atoms with Crippen LogP contribution in [-0.4, -0.2) is 22.8 Å². The number of aromatic hydroxyl groups is 2. The molecule has 0 bridgehead atoms. The number of ether oxygens (including phenoxy) is 1. The predicted octanol–water partition coefficient (Wildman–Crippen LogP) is 7.80. The molecule has 4 nitrogen and oxygen atoms in total. The topological polar surface area (TPSA) is 66.8 Å². The lowest BCUT2D eigenvalue weighted by molar-refractivity contribution is -0.136. The van der Waals surface area contributed by atoms with Gasteiger partial charge in [-0.25, -0.2) is 4.79 Å². The summed E-state index contributed by atoms with van der Waals surface area (Å²) in [7, 11) is 0. The second kappa shape index (κ2) is 15.7. The summed E-state index contributed by atoms with van der Waals surface area (Å²) in [6, 6.07) is 4.34. The number of allylic oxidation sites excluding steroid dienone is 7. The molecule has 0 unspecified atom stereocenters. The first-order valence-electron chi connectivity index (χ1n) is 11.6. The molecule has 0 heterocycles. The van der Waals surface area contributed by atoms with E-state index in [9.17, 15) is 15.0 Å². The number of carbonyl (C=O) groups excluding carboxylic acids is 1. The quantitative estimate of drug-likeness (QED) is 0.139. The molecule has 33 heavy (non-hydrogen) atoms. The van der Waals surface area contributed by atoms with Crippen LogP contribution in [0, 0.1) is 0 Å². The van der Waals surface area contributed by atoms with Gasteiger partial charge in [-0.15, -0.1) is 0 Å². The molecule has 2 N–H and O–H groups in total. The third-order valence-electron chi connectivity index (χ3n) is 5.22. The molecule has 0 amide bonds. The molecule has 1 aromatic rings. The van der Waals surface area contributed by atoms with E-state index in [2.05, 4.69) is 45.9 Å². The van der Waals surface area contributed by atoms with Gasteiger partial charge in [0.2, 0.25) is 0 Å². The standard InChI is InChI=1S/C29H40O4/c1-22(2)9-6-10-23(3)11-7-12-24(4)13-8-14-25(5)19-20-33-29(32)18-16-26-15-17-27(30)28(31)21-26/h9,11,13,15-19,21,30-31H,6-8,10,12,14,20H2,1-5H3/b18-16+,23-11+,24-13+,25-19+. The summed E-state index contributed by atoms with van der Waals surface area (Å²) in [5.74, 6) is -0.875. The normalized spacial score (nSPS) is 12.8. The lowest BCUT2D eigenvalue weighted by atomic mass is 10.0. The van der Waals surface area contributed by atoms with E-state index >= 15 is 0 Å². The van der Waals surface area contributed by atoms with Crippen LogP contribution >= 0.6 is 0 Å². The second-order valence-corrected chi connectivity index (χ2v) is 8.76. The van der Waals surface area contributed by atoms with Gasteiger partial charge < -0.3 is 14.9 Å². The lowest BCUT2D eigenvalue weighted by Crippen LogP contribution is -2.00. The van der Waals surface area contributed by atoms with Gasteiger partial charge in [-0.05, 0) is 103 Å². The highest BCUT2D eigenvalue weighted by Crippen LogP contribution is 2.25. The van der Waals surface area contributed by atoms with Gasteiger partial charge in [0.15, 0.2) is 11.5 Å². The molecule has 1 aromatic carbocycles. The first-order valence-corrected chi connectivity index (χ1v) is 11.6. The molecule has 0 aliphatic heterocycles. The molecule has 0 atom stereocenters. The highest BCUT2D eigenvalue weighted by molar-refractivity contribution is 5.87. The Morgan fingerprint density at radius 3 is 1.88 bits per heavy atom. The minimum Gasteiger partial charge on any atom is -0.504 e. The van der Waals surface area contributed by atoms with Gasteiger partial charge in [0.25, 0.3) is 0 Å². The Morgan fingerprint density at radius 2 is 1.33 bits per heavy atom. The van der Waals surface area contributed by atoms with Crippen molar-refractivity contribution < 1.29 is 19.7 Å². The summed E-state index contributed by atoms with van der Waals surface area (Å²) in [6.45, 7) is 11.0. The van der Waals surface area contributed by atoms with Crippen molar-refractivity contribution >= 4 is 12.0 Å². The molecule has 0 aromatic heterocycles. The first kappa shape index (κ1) is 28.0. The van der Waals surface area contributed by atoms with Crippen LogP contribution in [0.25, 0.3) is 6.08 Å². The number of rotatable bonds is 13. The van der Waals surface area contributed by atoms with Crippen LogP contribution in [0.1, 0.15) is 78.7 Å². The Morgan fingerprint density at radius 1 is 0.788 bits per heavy atom. The minimum absolute atomic E-state index is 0.196. The van der Waals surface area contributed by atoms with Gasteiger partial charge in [0, 0.05) is 6.08 Å². The monoisotopic (exact) mass is 452 g/mol. The molecule has 0 saturated heterocycles. The summed E-state index contributed by atoms with van der Waals surface area (Å²) >= 11 is 0. The SMILES string of the molecule is CC(C)=CCC/C(C)=C/CC/C(C)=C/CC/C(C)=C/COC(=O)/C=C/c1ccc(O)c(O)c1. The van der Waals surface area contributed by atoms with Crippen LogP contribution in [0.3, 0.4) is 0 Å². The number of carbonyl (C=O) groups is 1. The molecule has 0 aliphatic carbocycles. The van der Waals surface area contributed by atoms with Crippen LogP contribution in [0.2, 0.25) is 0 Å². The van der Waals surface area contributed by atoms with Crippen LogP contribution in [-0.2, 0) is 9.53 Å². The number of hydrogen-bond acceptors (Lipinski definition) is 4. The second-order valence-electron chi connectivity index (χ2n) is 8.76. The summed E-state index contributed by atoms with van der Waals surface area (Å²) in [5.41, 5.74) is 6.05. The van der Waals surface area contributed by atoms with Crippen molar-refractivity contribution in [1.29, 1.82) is 0 Å². The Bertz CT molecular complexity index is 910. The number of benzene rings is 1. The largest absolute Gasteiger partial charge is 0.504 e. The van der Waals surface area contributed by atoms with Crippen LogP contribution < -0.4 is 0 Å². The molecule has 0 radical (unpaired) electrons. The predicted molar refractivity (Wildman–Crippen MR) is 138 cm³/mol. The van der Waals surface area contributed by atoms with Gasteiger partial charge in [-0.1, -0.05) is 46.6 Å². The van der Waals surface area contributed by atoms with Crippen LogP contribution in [0.15, 0.2) is 70.9 Å². The van der Waals surface area contributed by atoms with Gasteiger partial charge >= 0.3 is 5.97 Å². The maximum absolute atomic E-state index is 11.8. The van der Waals surface area contributed by atoms with E-state index in [1.54, 1.807) is 6.07 Å². The third kappa shape index (κ3) is 13.9. The number of phenolic OH excluding ortho intramolecular Hbond substituents is 2. The van der Waals surface area contributed by atoms with Crippen molar-refractivity contribution in [3.63, 3.8) is 0 Å². The van der Waals surface area contributed by atoms with E-state index in [0.29, 0.717) is 5.56 Å². The molecule has 0 saturated carbocycles. The smallest absolute Gasteiger partial charge is 0.331 e. The Hall–Kier alpha value is -3.01. The fourth-order valence-corrected chi connectivity index (χ4v) is 3.11. The molecular weight excluding hydrogens is 412 g/mol. The molecule has 180 valence electrons. The number of esters is 1. The average molecular weight is 453 g/mol. The molecular formula is C29H40O4. The van der Waals surface area contributed by atoms with E-state index < -0.39 is 5.97 Å². The van der Waals surface area contributed by atoms with Gasteiger partial charge in [0.1, 0.15) is 6.61 Å². The van der Waals surface area contributed by atoms with Gasteiger partial charge in [0.05, 0.1) is 0 Å². The summed E-state index contributed by atoms with van der Waals surface area (Å²) in [6.07, 6.45) is 18.1. The zero-order valence-corrected chi connectivity index (χ0v) is 20.9. The van der Waals surface area contributed by atoms with Crippen molar-refractivity contribution in [3.8, 4) is 11.5 Å². The van der Waals surface area contributed by atoms with Gasteiger partial charge in [-0.2, -0.15) is 0 Å². The fourth-order valence-electron chi connectivity index (χ4n) is 3.11. The molecule has 4 heteroatoms. The number of hydrogen-bond donors (Lipinski definition) is 2. The molecule has 0 aliphatic rings. The lowest BCUT2D eigenvalue weighted by Gasteiger charge is -2.03. The molecule has 1 rings (SSSR count). The summed E-state index contributed by atoms with van der Waals surface area (Å²) < 4.78 is 5.19. The zero-order chi connectivity index (χ0) is 24.6.